The molecule has 0 aliphatic carbocycles. The summed E-state index contributed by atoms with van der Waals surface area (Å²) in [5.74, 6) is 0. The SMILES string of the molecule is CCN(CC)CCCN1CCc2ccc(S(=O)(=O)NC)cc2C1. The summed E-state index contributed by atoms with van der Waals surface area (Å²) in [6, 6.07) is 5.51. The maximum Gasteiger partial charge on any atom is 0.240 e. The van der Waals surface area contributed by atoms with Crippen LogP contribution in [0.25, 0.3) is 0 Å². The molecule has 0 unspecified atom stereocenters. The quantitative estimate of drug-likeness (QED) is 0.783. The van der Waals surface area contributed by atoms with E-state index in [2.05, 4.69) is 28.4 Å². The van der Waals surface area contributed by atoms with Crippen LogP contribution in [0.4, 0.5) is 0 Å². The van der Waals surface area contributed by atoms with Crippen LogP contribution in [-0.4, -0.2) is 58.0 Å². The van der Waals surface area contributed by atoms with Gasteiger partial charge in [0, 0.05) is 13.1 Å². The number of hydrogen-bond acceptors (Lipinski definition) is 4. The minimum atomic E-state index is -3.36. The van der Waals surface area contributed by atoms with Gasteiger partial charge in [0.05, 0.1) is 4.90 Å². The van der Waals surface area contributed by atoms with Crippen LogP contribution in [0.3, 0.4) is 0 Å². The van der Waals surface area contributed by atoms with Crippen molar-refractivity contribution in [2.75, 3.05) is 39.8 Å². The highest BCUT2D eigenvalue weighted by atomic mass is 32.2. The molecule has 23 heavy (non-hydrogen) atoms. The number of nitrogens with zero attached hydrogens (tertiary/aromatic N) is 2. The molecule has 0 saturated carbocycles. The van der Waals surface area contributed by atoms with E-state index in [0.29, 0.717) is 4.90 Å². The lowest BCUT2D eigenvalue weighted by molar-refractivity contribution is 0.223. The minimum Gasteiger partial charge on any atom is -0.304 e. The molecule has 1 N–H and O–H groups in total. The van der Waals surface area contributed by atoms with Gasteiger partial charge in [0.2, 0.25) is 10.0 Å². The Kier molecular flexibility index (Phi) is 6.59. The lowest BCUT2D eigenvalue weighted by atomic mass is 10.00. The van der Waals surface area contributed by atoms with E-state index in [1.54, 1.807) is 6.07 Å². The molecule has 1 aliphatic rings. The molecule has 0 fully saturated rings. The first-order valence-electron chi connectivity index (χ1n) is 8.50. The average molecular weight is 340 g/mol. The maximum absolute atomic E-state index is 12.0. The Hall–Kier alpha value is -0.950. The molecule has 1 aliphatic heterocycles. The highest BCUT2D eigenvalue weighted by Crippen LogP contribution is 2.22. The van der Waals surface area contributed by atoms with Crippen molar-refractivity contribution in [2.45, 2.75) is 38.1 Å². The molecule has 1 heterocycles. The van der Waals surface area contributed by atoms with Gasteiger partial charge < -0.3 is 4.90 Å². The van der Waals surface area contributed by atoms with Crippen LogP contribution < -0.4 is 4.72 Å². The molecular formula is C17H29N3O2S. The summed E-state index contributed by atoms with van der Waals surface area (Å²) < 4.78 is 26.3. The summed E-state index contributed by atoms with van der Waals surface area (Å²) in [4.78, 5) is 5.24. The highest BCUT2D eigenvalue weighted by Gasteiger charge is 2.19. The topological polar surface area (TPSA) is 52.7 Å². The van der Waals surface area contributed by atoms with Crippen molar-refractivity contribution in [2.24, 2.45) is 0 Å². The zero-order valence-corrected chi connectivity index (χ0v) is 15.3. The number of fused-ring (bicyclic) bond motifs is 1. The van der Waals surface area contributed by atoms with Crippen LogP contribution in [0.15, 0.2) is 23.1 Å². The van der Waals surface area contributed by atoms with Crippen LogP contribution in [-0.2, 0) is 23.0 Å². The Morgan fingerprint density at radius 3 is 2.61 bits per heavy atom. The van der Waals surface area contributed by atoms with Crippen molar-refractivity contribution in [3.05, 3.63) is 29.3 Å². The van der Waals surface area contributed by atoms with E-state index < -0.39 is 10.0 Å². The summed E-state index contributed by atoms with van der Waals surface area (Å²) in [6.45, 7) is 10.7. The molecule has 130 valence electrons. The molecule has 0 saturated heterocycles. The third-order valence-corrected chi connectivity index (χ3v) is 6.10. The first kappa shape index (κ1) is 18.4. The molecule has 5 nitrogen and oxygen atoms in total. The molecule has 0 radical (unpaired) electrons. The Morgan fingerprint density at radius 1 is 1.22 bits per heavy atom. The van der Waals surface area contributed by atoms with Crippen molar-refractivity contribution in [3.8, 4) is 0 Å². The highest BCUT2D eigenvalue weighted by molar-refractivity contribution is 7.89. The van der Waals surface area contributed by atoms with E-state index in [1.807, 2.05) is 12.1 Å². The van der Waals surface area contributed by atoms with E-state index in [0.717, 1.165) is 57.7 Å². The first-order valence-corrected chi connectivity index (χ1v) is 9.98. The number of rotatable bonds is 8. The lowest BCUT2D eigenvalue weighted by Gasteiger charge is -2.30. The van der Waals surface area contributed by atoms with Crippen LogP contribution in [0.2, 0.25) is 0 Å². The second-order valence-corrected chi connectivity index (χ2v) is 7.93. The van der Waals surface area contributed by atoms with E-state index >= 15 is 0 Å². The van der Waals surface area contributed by atoms with Crippen LogP contribution in [0.5, 0.6) is 0 Å². The smallest absolute Gasteiger partial charge is 0.240 e. The average Bonchev–Trinajstić information content (AvgIpc) is 2.58. The summed E-state index contributed by atoms with van der Waals surface area (Å²) in [5.41, 5.74) is 2.43. The van der Waals surface area contributed by atoms with Gasteiger partial charge in [-0.15, -0.1) is 0 Å². The molecule has 1 aromatic carbocycles. The molecule has 0 amide bonds. The van der Waals surface area contributed by atoms with Crippen molar-refractivity contribution in [3.63, 3.8) is 0 Å². The largest absolute Gasteiger partial charge is 0.304 e. The molecule has 6 heteroatoms. The fourth-order valence-corrected chi connectivity index (χ4v) is 3.91. The van der Waals surface area contributed by atoms with Gasteiger partial charge in [-0.25, -0.2) is 13.1 Å². The third kappa shape index (κ3) is 4.76. The van der Waals surface area contributed by atoms with Crippen molar-refractivity contribution >= 4 is 10.0 Å². The van der Waals surface area contributed by atoms with Crippen molar-refractivity contribution in [1.82, 2.24) is 14.5 Å². The Balaban J connectivity index is 1.98. The van der Waals surface area contributed by atoms with E-state index in [9.17, 15) is 8.42 Å². The summed E-state index contributed by atoms with van der Waals surface area (Å²) in [7, 11) is -1.91. The van der Waals surface area contributed by atoms with E-state index in [1.165, 1.54) is 12.6 Å². The standard InChI is InChI=1S/C17H29N3O2S/c1-4-19(5-2)10-6-11-20-12-9-15-7-8-17(13-16(15)14-20)23(21,22)18-3/h7-8,13,18H,4-6,9-12,14H2,1-3H3. The number of hydrogen-bond donors (Lipinski definition) is 1. The van der Waals surface area contributed by atoms with Crippen molar-refractivity contribution in [1.29, 1.82) is 0 Å². The minimum absolute atomic E-state index is 0.365. The van der Waals surface area contributed by atoms with Gasteiger partial charge in [0.15, 0.2) is 0 Å². The fourth-order valence-electron chi connectivity index (χ4n) is 3.13. The predicted molar refractivity (Wildman–Crippen MR) is 94.1 cm³/mol. The molecule has 0 bridgehead atoms. The van der Waals surface area contributed by atoms with Crippen LogP contribution in [0.1, 0.15) is 31.4 Å². The second kappa shape index (κ2) is 8.24. The zero-order chi connectivity index (χ0) is 16.9. The summed E-state index contributed by atoms with van der Waals surface area (Å²) in [6.07, 6.45) is 2.16. The second-order valence-electron chi connectivity index (χ2n) is 6.04. The molecule has 0 aromatic heterocycles. The Labute approximate surface area is 140 Å². The van der Waals surface area contributed by atoms with Crippen LogP contribution in [0, 0.1) is 0 Å². The van der Waals surface area contributed by atoms with Gasteiger partial charge in [-0.1, -0.05) is 19.9 Å². The van der Waals surface area contributed by atoms with Gasteiger partial charge in [-0.05, 0) is 69.3 Å². The molecule has 0 spiro atoms. The molecule has 0 atom stereocenters. The number of nitrogens with one attached hydrogen (secondary N) is 1. The molecular weight excluding hydrogens is 310 g/mol. The van der Waals surface area contributed by atoms with Gasteiger partial charge in [0.1, 0.15) is 0 Å². The molecule has 1 aromatic rings. The predicted octanol–water partition coefficient (Wildman–Crippen LogP) is 1.68. The van der Waals surface area contributed by atoms with Gasteiger partial charge in [-0.2, -0.15) is 0 Å². The number of benzene rings is 1. The van der Waals surface area contributed by atoms with Gasteiger partial charge in [-0.3, -0.25) is 4.90 Å². The third-order valence-electron chi connectivity index (χ3n) is 4.69. The van der Waals surface area contributed by atoms with E-state index in [4.69, 9.17) is 0 Å². The first-order chi connectivity index (χ1) is 11.0. The van der Waals surface area contributed by atoms with Gasteiger partial charge >= 0.3 is 0 Å². The number of sulfonamides is 1. The monoisotopic (exact) mass is 339 g/mol. The van der Waals surface area contributed by atoms with Crippen molar-refractivity contribution < 1.29 is 8.42 Å². The Morgan fingerprint density at radius 2 is 1.96 bits per heavy atom. The summed E-state index contributed by atoms with van der Waals surface area (Å²) >= 11 is 0. The fraction of sp³-hybridized carbons (Fsp3) is 0.647. The normalized spacial score (nSPS) is 15.8. The summed E-state index contributed by atoms with van der Waals surface area (Å²) in [5, 5.41) is 0. The lowest BCUT2D eigenvalue weighted by Crippen LogP contribution is -2.34. The van der Waals surface area contributed by atoms with Crippen LogP contribution >= 0.6 is 0 Å². The zero-order valence-electron chi connectivity index (χ0n) is 14.5. The van der Waals surface area contributed by atoms with Gasteiger partial charge in [0.25, 0.3) is 0 Å². The Bertz CT molecular complexity index is 612. The van der Waals surface area contributed by atoms with E-state index in [-0.39, 0.29) is 0 Å². The molecule has 2 rings (SSSR count). The maximum atomic E-state index is 12.0.